The number of anilines is 1. The molecule has 0 fully saturated rings. The first kappa shape index (κ1) is 16.4. The van der Waals surface area contributed by atoms with E-state index in [2.05, 4.69) is 5.32 Å². The van der Waals surface area contributed by atoms with E-state index < -0.39 is 11.8 Å². The molecular formula is C18H16N2O5. The molecule has 0 aliphatic rings. The van der Waals surface area contributed by atoms with E-state index in [9.17, 15) is 14.7 Å². The normalized spacial score (nSPS) is 10.6. The third-order valence-electron chi connectivity index (χ3n) is 3.85. The molecule has 0 spiro atoms. The number of benzene rings is 2. The third kappa shape index (κ3) is 2.76. The Morgan fingerprint density at radius 2 is 1.92 bits per heavy atom. The molecule has 0 aliphatic carbocycles. The minimum atomic E-state index is -0.867. The van der Waals surface area contributed by atoms with E-state index in [4.69, 9.17) is 14.9 Å². The van der Waals surface area contributed by atoms with Crippen molar-refractivity contribution in [3.8, 4) is 11.5 Å². The van der Waals surface area contributed by atoms with Crippen LogP contribution in [-0.4, -0.2) is 24.0 Å². The summed E-state index contributed by atoms with van der Waals surface area (Å²) in [5, 5.41) is 13.1. The number of para-hydroxylation sites is 1. The summed E-state index contributed by atoms with van der Waals surface area (Å²) < 4.78 is 10.8. The quantitative estimate of drug-likeness (QED) is 0.675. The number of nitrogens with two attached hydrogens (primary N) is 1. The lowest BCUT2D eigenvalue weighted by Gasteiger charge is -2.06. The Hall–Kier alpha value is -3.48. The number of rotatable bonds is 4. The first-order valence-electron chi connectivity index (χ1n) is 7.43. The number of aromatic hydroxyl groups is 1. The van der Waals surface area contributed by atoms with Gasteiger partial charge in [-0.05, 0) is 19.1 Å². The van der Waals surface area contributed by atoms with Gasteiger partial charge in [0, 0.05) is 17.3 Å². The Morgan fingerprint density at radius 3 is 2.52 bits per heavy atom. The van der Waals surface area contributed by atoms with Crippen molar-refractivity contribution in [3.05, 3.63) is 53.3 Å². The van der Waals surface area contributed by atoms with Crippen LogP contribution < -0.4 is 15.8 Å². The van der Waals surface area contributed by atoms with Crippen molar-refractivity contribution in [2.24, 2.45) is 5.73 Å². The zero-order chi connectivity index (χ0) is 18.1. The highest BCUT2D eigenvalue weighted by Crippen LogP contribution is 2.40. The highest BCUT2D eigenvalue weighted by atomic mass is 16.5. The maximum absolute atomic E-state index is 12.5. The molecule has 0 radical (unpaired) electrons. The van der Waals surface area contributed by atoms with Gasteiger partial charge in [0.1, 0.15) is 17.1 Å². The van der Waals surface area contributed by atoms with Gasteiger partial charge < -0.3 is 25.3 Å². The van der Waals surface area contributed by atoms with Crippen LogP contribution in [0.2, 0.25) is 0 Å². The van der Waals surface area contributed by atoms with Crippen LogP contribution in [0.3, 0.4) is 0 Å². The summed E-state index contributed by atoms with van der Waals surface area (Å²) in [5.74, 6) is -1.45. The minimum absolute atomic E-state index is 0.00486. The van der Waals surface area contributed by atoms with Gasteiger partial charge >= 0.3 is 0 Å². The van der Waals surface area contributed by atoms with Crippen LogP contribution in [0.4, 0.5) is 5.69 Å². The molecule has 0 bridgehead atoms. The molecule has 1 heterocycles. The summed E-state index contributed by atoms with van der Waals surface area (Å²) in [6.07, 6.45) is 0. The Morgan fingerprint density at radius 1 is 1.24 bits per heavy atom. The topological polar surface area (TPSA) is 115 Å². The molecular weight excluding hydrogens is 324 g/mol. The molecule has 3 aromatic rings. The summed E-state index contributed by atoms with van der Waals surface area (Å²) in [6, 6.07) is 10.1. The second kappa shape index (κ2) is 6.20. The zero-order valence-electron chi connectivity index (χ0n) is 13.6. The summed E-state index contributed by atoms with van der Waals surface area (Å²) in [7, 11) is 1.41. The van der Waals surface area contributed by atoms with Gasteiger partial charge in [-0.15, -0.1) is 0 Å². The molecule has 0 unspecified atom stereocenters. The minimum Gasteiger partial charge on any atom is -0.507 e. The lowest BCUT2D eigenvalue weighted by molar-refractivity contribution is 0.0983. The molecule has 1 aromatic heterocycles. The second-order valence-corrected chi connectivity index (χ2v) is 5.42. The van der Waals surface area contributed by atoms with Gasteiger partial charge in [0.25, 0.3) is 11.8 Å². The molecule has 128 valence electrons. The van der Waals surface area contributed by atoms with Crippen molar-refractivity contribution in [3.63, 3.8) is 0 Å². The molecule has 2 aromatic carbocycles. The van der Waals surface area contributed by atoms with E-state index in [-0.39, 0.29) is 28.4 Å². The number of fused-ring (bicyclic) bond motifs is 1. The number of hydrogen-bond acceptors (Lipinski definition) is 5. The van der Waals surface area contributed by atoms with Gasteiger partial charge in [-0.1, -0.05) is 18.2 Å². The van der Waals surface area contributed by atoms with Crippen LogP contribution >= 0.6 is 0 Å². The van der Waals surface area contributed by atoms with E-state index in [1.54, 1.807) is 31.2 Å². The predicted molar refractivity (Wildman–Crippen MR) is 92.1 cm³/mol. The molecule has 0 atom stereocenters. The van der Waals surface area contributed by atoms with Gasteiger partial charge in [0.05, 0.1) is 12.5 Å². The fraction of sp³-hybridized carbons (Fsp3) is 0.111. The van der Waals surface area contributed by atoms with Crippen LogP contribution in [0, 0.1) is 6.92 Å². The summed E-state index contributed by atoms with van der Waals surface area (Å²) in [6.45, 7) is 1.66. The van der Waals surface area contributed by atoms with E-state index in [1.807, 2.05) is 6.07 Å². The number of amides is 2. The lowest BCUT2D eigenvalue weighted by Crippen LogP contribution is -2.12. The smallest absolute Gasteiger partial charge is 0.291 e. The van der Waals surface area contributed by atoms with Crippen LogP contribution in [0.5, 0.6) is 11.5 Å². The average molecular weight is 340 g/mol. The fourth-order valence-electron chi connectivity index (χ4n) is 2.70. The molecule has 0 aliphatic heterocycles. The highest BCUT2D eigenvalue weighted by molar-refractivity contribution is 6.13. The molecule has 3 rings (SSSR count). The number of methoxy groups -OCH3 is 1. The van der Waals surface area contributed by atoms with Crippen molar-refractivity contribution in [2.75, 3.05) is 12.4 Å². The van der Waals surface area contributed by atoms with Gasteiger partial charge in [0.15, 0.2) is 11.3 Å². The Balaban J connectivity index is 2.17. The van der Waals surface area contributed by atoms with E-state index in [0.717, 1.165) is 0 Å². The SMILES string of the molecule is COc1cc(O)c(C(N)=O)c2oc(C(=O)Nc3ccccc3)c(C)c12. The van der Waals surface area contributed by atoms with Gasteiger partial charge in [0.2, 0.25) is 0 Å². The van der Waals surface area contributed by atoms with Crippen molar-refractivity contribution in [1.29, 1.82) is 0 Å². The molecule has 25 heavy (non-hydrogen) atoms. The van der Waals surface area contributed by atoms with E-state index >= 15 is 0 Å². The molecule has 0 saturated carbocycles. The first-order chi connectivity index (χ1) is 11.9. The lowest BCUT2D eigenvalue weighted by atomic mass is 10.1. The van der Waals surface area contributed by atoms with E-state index in [1.165, 1.54) is 13.2 Å². The van der Waals surface area contributed by atoms with Crippen molar-refractivity contribution < 1.29 is 23.8 Å². The molecule has 4 N–H and O–H groups in total. The number of nitrogens with one attached hydrogen (secondary N) is 1. The number of phenols is 1. The van der Waals surface area contributed by atoms with Gasteiger partial charge in [-0.2, -0.15) is 0 Å². The molecule has 0 saturated heterocycles. The predicted octanol–water partition coefficient (Wildman–Crippen LogP) is 2.81. The van der Waals surface area contributed by atoms with Crippen LogP contribution in [0.1, 0.15) is 26.5 Å². The fourth-order valence-corrected chi connectivity index (χ4v) is 2.70. The molecule has 7 nitrogen and oxygen atoms in total. The van der Waals surface area contributed by atoms with Crippen molar-refractivity contribution >= 4 is 28.5 Å². The van der Waals surface area contributed by atoms with Crippen LogP contribution in [0.25, 0.3) is 11.0 Å². The maximum atomic E-state index is 12.5. The summed E-state index contributed by atoms with van der Waals surface area (Å²) >= 11 is 0. The van der Waals surface area contributed by atoms with Crippen LogP contribution in [-0.2, 0) is 0 Å². The number of carbonyl (C=O) groups is 2. The van der Waals surface area contributed by atoms with Gasteiger partial charge in [-0.3, -0.25) is 9.59 Å². The Kier molecular flexibility index (Phi) is 4.06. The number of furan rings is 1. The number of primary amides is 1. The monoisotopic (exact) mass is 340 g/mol. The van der Waals surface area contributed by atoms with Crippen LogP contribution in [0.15, 0.2) is 40.8 Å². The number of ether oxygens (including phenoxy) is 1. The van der Waals surface area contributed by atoms with Crippen molar-refractivity contribution in [2.45, 2.75) is 6.92 Å². The summed E-state index contributed by atoms with van der Waals surface area (Å²) in [5.41, 5.74) is 6.22. The van der Waals surface area contributed by atoms with E-state index in [0.29, 0.717) is 16.6 Å². The first-order valence-corrected chi connectivity index (χ1v) is 7.43. The number of carbonyl (C=O) groups excluding carboxylic acids is 2. The Bertz CT molecular complexity index is 976. The Labute approximate surface area is 143 Å². The van der Waals surface area contributed by atoms with Gasteiger partial charge in [-0.25, -0.2) is 0 Å². The number of hydrogen-bond donors (Lipinski definition) is 3. The third-order valence-corrected chi connectivity index (χ3v) is 3.85. The summed E-state index contributed by atoms with van der Waals surface area (Å²) in [4.78, 5) is 24.2. The molecule has 7 heteroatoms. The number of aryl methyl sites for hydroxylation is 1. The molecule has 2 amide bonds. The maximum Gasteiger partial charge on any atom is 0.291 e. The average Bonchev–Trinajstić information content (AvgIpc) is 2.92. The zero-order valence-corrected chi connectivity index (χ0v) is 13.6. The highest BCUT2D eigenvalue weighted by Gasteiger charge is 2.26. The standard InChI is InChI=1S/C18H16N2O5/c1-9-13-12(24-2)8-11(21)14(17(19)22)16(13)25-15(9)18(23)20-10-6-4-3-5-7-10/h3-8,21H,1-2H3,(H2,19,22)(H,20,23). The van der Waals surface area contributed by atoms with Crippen molar-refractivity contribution in [1.82, 2.24) is 0 Å². The largest absolute Gasteiger partial charge is 0.507 e. The second-order valence-electron chi connectivity index (χ2n) is 5.42.